The first kappa shape index (κ1) is 16.1. The van der Waals surface area contributed by atoms with E-state index in [1.807, 2.05) is 30.9 Å². The Kier molecular flexibility index (Phi) is 3.30. The number of pyridine rings is 2. The van der Waals surface area contributed by atoms with Crippen LogP contribution in [0, 0.1) is 13.8 Å². The van der Waals surface area contributed by atoms with E-state index in [4.69, 9.17) is 13.5 Å². The molecule has 4 aromatic rings. The van der Waals surface area contributed by atoms with Crippen LogP contribution in [0.4, 0.5) is 0 Å². The summed E-state index contributed by atoms with van der Waals surface area (Å²) in [6.45, 7) is 9.09. The molecule has 0 bridgehead atoms. The predicted molar refractivity (Wildman–Crippen MR) is 123 cm³/mol. The van der Waals surface area contributed by atoms with E-state index in [1.54, 1.807) is 12.1 Å². The van der Waals surface area contributed by atoms with Crippen molar-refractivity contribution in [3.05, 3.63) is 58.9 Å². The van der Waals surface area contributed by atoms with Gasteiger partial charge >= 0.3 is 0 Å². The molecule has 3 heteroatoms. The molecule has 0 radical (unpaired) electrons. The van der Waals surface area contributed by atoms with Gasteiger partial charge in [0.2, 0.25) is 11.4 Å². The minimum atomic E-state index is -2.17. The fourth-order valence-corrected chi connectivity index (χ4v) is 5.14. The number of rotatable bonds is 1. The van der Waals surface area contributed by atoms with Crippen molar-refractivity contribution in [3.63, 3.8) is 0 Å². The number of fused-ring (bicyclic) bond motifs is 5. The third-order valence-corrected chi connectivity index (χ3v) is 7.07. The molecule has 3 heterocycles. The molecule has 5 rings (SSSR count). The topological polar surface area (TPSA) is 29.9 Å². The lowest BCUT2D eigenvalue weighted by molar-refractivity contribution is -0.660. The average Bonchev–Trinajstić information content (AvgIpc) is 3.09. The number of aryl methyl sites for hydroxylation is 3. The molecule has 0 fully saturated rings. The minimum Gasteiger partial charge on any atom is -0.437 e. The predicted octanol–water partition coefficient (Wildman–Crippen LogP) is 6.44. The number of benzene rings is 1. The second-order valence-electron chi connectivity index (χ2n) is 10.1. The molecule has 0 N–H and O–H groups in total. The van der Waals surface area contributed by atoms with E-state index in [9.17, 15) is 0 Å². The molecule has 0 unspecified atom stereocenters. The lowest BCUT2D eigenvalue weighted by Gasteiger charge is -2.41. The van der Waals surface area contributed by atoms with E-state index in [0.717, 1.165) is 46.0 Å². The van der Waals surface area contributed by atoms with Crippen LogP contribution in [-0.4, -0.2) is 4.98 Å². The molecule has 154 valence electrons. The molecule has 1 aromatic carbocycles. The number of hydrogen-bond acceptors (Lipinski definition) is 2. The highest BCUT2D eigenvalue weighted by Gasteiger charge is 2.40. The molecule has 0 amide bonds. The SMILES string of the molecule is [2H]C([2H])([2H])c1cc[n+](C)c(-c2c(C)ccc3c2oc2ncc4c(c23)C(C)(C)CCC4(C)C)c1. The Balaban J connectivity index is 1.89. The second kappa shape index (κ2) is 6.16. The van der Waals surface area contributed by atoms with E-state index in [2.05, 4.69) is 39.8 Å². The molecular weight excluding hydrogens is 368 g/mol. The van der Waals surface area contributed by atoms with Gasteiger partial charge in [0, 0.05) is 27.8 Å². The van der Waals surface area contributed by atoms with Gasteiger partial charge in [-0.1, -0.05) is 39.8 Å². The normalized spacial score (nSPS) is 19.3. The van der Waals surface area contributed by atoms with Crippen LogP contribution in [0.2, 0.25) is 0 Å². The summed E-state index contributed by atoms with van der Waals surface area (Å²) in [7, 11) is 1.94. The summed E-state index contributed by atoms with van der Waals surface area (Å²) in [5.74, 6) is 0. The summed E-state index contributed by atoms with van der Waals surface area (Å²) in [5, 5.41) is 2.14. The Bertz CT molecular complexity index is 1430. The van der Waals surface area contributed by atoms with Crippen molar-refractivity contribution in [3.8, 4) is 11.3 Å². The van der Waals surface area contributed by atoms with Crippen molar-refractivity contribution < 1.29 is 13.1 Å². The standard InChI is InChI=1S/C27H31N2O/c1-16-10-13-29(7)20(14-16)21-17(2)8-9-18-22-23-19(15-28-25(22)30-24(18)21)26(3,4)11-12-27(23,5)6/h8-10,13-15H,11-12H2,1-7H3/q+1/i1D3. The van der Waals surface area contributed by atoms with Gasteiger partial charge in [-0.25, -0.2) is 9.55 Å². The van der Waals surface area contributed by atoms with Crippen molar-refractivity contribution in [2.75, 3.05) is 0 Å². The minimum absolute atomic E-state index is 0.0136. The molecule has 0 spiro atoms. The molecule has 0 atom stereocenters. The van der Waals surface area contributed by atoms with Crippen molar-refractivity contribution in [1.29, 1.82) is 0 Å². The molecule has 0 aliphatic heterocycles. The van der Waals surface area contributed by atoms with E-state index in [1.165, 1.54) is 11.1 Å². The van der Waals surface area contributed by atoms with E-state index in [-0.39, 0.29) is 10.8 Å². The second-order valence-corrected chi connectivity index (χ2v) is 10.1. The summed E-state index contributed by atoms with van der Waals surface area (Å²) in [4.78, 5) is 4.77. The lowest BCUT2D eigenvalue weighted by Crippen LogP contribution is -2.34. The number of furan rings is 1. The first-order valence-electron chi connectivity index (χ1n) is 12.2. The monoisotopic (exact) mass is 402 g/mol. The highest BCUT2D eigenvalue weighted by molar-refractivity contribution is 6.11. The van der Waals surface area contributed by atoms with E-state index in [0.29, 0.717) is 11.3 Å². The third-order valence-electron chi connectivity index (χ3n) is 7.07. The van der Waals surface area contributed by atoms with Crippen LogP contribution in [0.3, 0.4) is 0 Å². The highest BCUT2D eigenvalue weighted by Crippen LogP contribution is 2.50. The van der Waals surface area contributed by atoms with Crippen molar-refractivity contribution >= 4 is 22.1 Å². The molecule has 3 nitrogen and oxygen atoms in total. The molecule has 3 aromatic heterocycles. The van der Waals surface area contributed by atoms with Gasteiger partial charge in [0.15, 0.2) is 11.8 Å². The van der Waals surface area contributed by atoms with Crippen LogP contribution in [0.25, 0.3) is 33.3 Å². The van der Waals surface area contributed by atoms with Crippen LogP contribution in [0.15, 0.2) is 41.1 Å². The molecule has 0 saturated carbocycles. The zero-order chi connectivity index (χ0) is 23.9. The van der Waals surface area contributed by atoms with Gasteiger partial charge in [-0.05, 0) is 59.7 Å². The van der Waals surface area contributed by atoms with E-state index < -0.39 is 6.85 Å². The fourth-order valence-electron chi connectivity index (χ4n) is 5.14. The zero-order valence-electron chi connectivity index (χ0n) is 21.7. The summed E-state index contributed by atoms with van der Waals surface area (Å²) in [6, 6.07) is 7.66. The number of aromatic nitrogens is 2. The maximum Gasteiger partial charge on any atom is 0.227 e. The molecule has 1 aliphatic carbocycles. The Morgan fingerprint density at radius 1 is 1.10 bits per heavy atom. The molecular formula is C27H31N2O+. The average molecular weight is 403 g/mol. The van der Waals surface area contributed by atoms with Crippen LogP contribution in [0.1, 0.15) is 66.9 Å². The molecule has 30 heavy (non-hydrogen) atoms. The third kappa shape index (κ3) is 2.64. The van der Waals surface area contributed by atoms with Gasteiger partial charge < -0.3 is 4.42 Å². The van der Waals surface area contributed by atoms with Crippen molar-refractivity contribution in [2.45, 2.75) is 65.1 Å². The van der Waals surface area contributed by atoms with Crippen molar-refractivity contribution in [1.82, 2.24) is 4.98 Å². The highest BCUT2D eigenvalue weighted by atomic mass is 16.3. The van der Waals surface area contributed by atoms with Crippen LogP contribution in [0.5, 0.6) is 0 Å². The molecule has 1 aliphatic rings. The van der Waals surface area contributed by atoms with Gasteiger partial charge in [0.25, 0.3) is 0 Å². The number of hydrogen-bond donors (Lipinski definition) is 0. The smallest absolute Gasteiger partial charge is 0.227 e. The summed E-state index contributed by atoms with van der Waals surface area (Å²) >= 11 is 0. The van der Waals surface area contributed by atoms with Gasteiger partial charge in [-0.2, -0.15) is 0 Å². The Morgan fingerprint density at radius 2 is 1.87 bits per heavy atom. The Morgan fingerprint density at radius 3 is 2.63 bits per heavy atom. The van der Waals surface area contributed by atoms with Gasteiger partial charge in [0.05, 0.1) is 10.9 Å². The van der Waals surface area contributed by atoms with Gasteiger partial charge in [-0.15, -0.1) is 0 Å². The maximum absolute atomic E-state index is 7.88. The summed E-state index contributed by atoms with van der Waals surface area (Å²) in [5.41, 5.74) is 7.21. The lowest BCUT2D eigenvalue weighted by atomic mass is 9.63. The van der Waals surface area contributed by atoms with Crippen LogP contribution >= 0.6 is 0 Å². The number of nitrogens with zero attached hydrogens (tertiary/aromatic N) is 2. The maximum atomic E-state index is 7.88. The van der Waals surface area contributed by atoms with Crippen LogP contribution in [-0.2, 0) is 17.9 Å². The van der Waals surface area contributed by atoms with Gasteiger partial charge in [-0.3, -0.25) is 0 Å². The first-order chi connectivity index (χ1) is 15.3. The van der Waals surface area contributed by atoms with Gasteiger partial charge in [0.1, 0.15) is 7.05 Å². The zero-order valence-corrected chi connectivity index (χ0v) is 18.7. The largest absolute Gasteiger partial charge is 0.437 e. The van der Waals surface area contributed by atoms with E-state index >= 15 is 0 Å². The van der Waals surface area contributed by atoms with Crippen molar-refractivity contribution in [2.24, 2.45) is 7.05 Å². The Labute approximate surface area is 183 Å². The quantitative estimate of drug-likeness (QED) is 0.343. The molecule has 0 saturated heterocycles. The summed E-state index contributed by atoms with van der Waals surface area (Å²) < 4.78 is 32.1. The fraction of sp³-hybridized carbons (Fsp3) is 0.407. The Hall–Kier alpha value is -2.68. The first-order valence-corrected chi connectivity index (χ1v) is 10.7. The summed E-state index contributed by atoms with van der Waals surface area (Å²) in [6.07, 6.45) is 6.04. The van der Waals surface area contributed by atoms with Crippen LogP contribution < -0.4 is 4.57 Å².